The van der Waals surface area contributed by atoms with Crippen molar-refractivity contribution in [3.05, 3.63) is 92.9 Å². The number of rotatable bonds is 6. The Labute approximate surface area is 186 Å². The van der Waals surface area contributed by atoms with Crippen LogP contribution in [0.5, 0.6) is 17.2 Å². The molecule has 7 nitrogen and oxygen atoms in total. The largest absolute Gasteiger partial charge is 0.506 e. The number of aromatic hydroxyl groups is 1. The van der Waals surface area contributed by atoms with Crippen molar-refractivity contribution in [2.24, 2.45) is 5.10 Å². The number of hydrogen-bond donors (Lipinski definition) is 1. The fourth-order valence-corrected chi connectivity index (χ4v) is 3.43. The molecule has 0 spiro atoms. The van der Waals surface area contributed by atoms with Crippen molar-refractivity contribution in [2.45, 2.75) is 6.61 Å². The molecular formula is C23H18BrN3O4. The second-order valence-corrected chi connectivity index (χ2v) is 7.41. The monoisotopic (exact) mass is 479 g/mol. The average Bonchev–Trinajstić information content (AvgIpc) is 2.80. The second kappa shape index (κ2) is 9.01. The van der Waals surface area contributed by atoms with Gasteiger partial charge in [-0.05, 0) is 52.3 Å². The highest BCUT2D eigenvalue weighted by atomic mass is 79.9. The number of para-hydroxylation sites is 2. The van der Waals surface area contributed by atoms with Crippen LogP contribution >= 0.6 is 15.9 Å². The van der Waals surface area contributed by atoms with Crippen molar-refractivity contribution in [1.29, 1.82) is 0 Å². The van der Waals surface area contributed by atoms with Gasteiger partial charge in [-0.2, -0.15) is 9.78 Å². The van der Waals surface area contributed by atoms with E-state index in [1.807, 2.05) is 36.4 Å². The van der Waals surface area contributed by atoms with Crippen LogP contribution in [0.15, 0.2) is 81.1 Å². The number of fused-ring (bicyclic) bond motifs is 1. The van der Waals surface area contributed by atoms with Crippen molar-refractivity contribution in [3.8, 4) is 17.2 Å². The summed E-state index contributed by atoms with van der Waals surface area (Å²) < 4.78 is 12.7. The highest BCUT2D eigenvalue weighted by Crippen LogP contribution is 2.31. The van der Waals surface area contributed by atoms with Gasteiger partial charge in [-0.25, -0.2) is 4.98 Å². The van der Waals surface area contributed by atoms with E-state index in [0.29, 0.717) is 38.3 Å². The van der Waals surface area contributed by atoms with Gasteiger partial charge in [0.25, 0.3) is 5.56 Å². The summed E-state index contributed by atoms with van der Waals surface area (Å²) in [5.74, 6) is 1.48. The third-order valence-electron chi connectivity index (χ3n) is 4.55. The van der Waals surface area contributed by atoms with Crippen molar-refractivity contribution < 1.29 is 14.6 Å². The predicted octanol–water partition coefficient (Wildman–Crippen LogP) is 4.33. The molecule has 0 aliphatic rings. The number of ether oxygens (including phenoxy) is 2. The SMILES string of the molecule is COc1cc(Br)c(O)c(C=Nn2c(COc3ccccc3)nc3ccccc3c2=O)c1. The Balaban J connectivity index is 1.78. The van der Waals surface area contributed by atoms with Crippen LogP contribution in [0.2, 0.25) is 0 Å². The Bertz CT molecular complexity index is 1320. The Kier molecular flexibility index (Phi) is 5.99. The number of phenolic OH excluding ortho intramolecular Hbond substituents is 1. The summed E-state index contributed by atoms with van der Waals surface area (Å²) in [7, 11) is 1.52. The van der Waals surface area contributed by atoms with Gasteiger partial charge >= 0.3 is 0 Å². The molecule has 8 heteroatoms. The zero-order valence-corrected chi connectivity index (χ0v) is 18.1. The summed E-state index contributed by atoms with van der Waals surface area (Å²) in [5, 5.41) is 15.1. The van der Waals surface area contributed by atoms with Crippen molar-refractivity contribution in [1.82, 2.24) is 9.66 Å². The topological polar surface area (TPSA) is 85.9 Å². The highest BCUT2D eigenvalue weighted by molar-refractivity contribution is 9.10. The first-order valence-corrected chi connectivity index (χ1v) is 10.2. The van der Waals surface area contributed by atoms with E-state index in [4.69, 9.17) is 9.47 Å². The lowest BCUT2D eigenvalue weighted by Crippen LogP contribution is -2.23. The smallest absolute Gasteiger partial charge is 0.282 e. The molecule has 0 aliphatic heterocycles. The Morgan fingerprint density at radius 3 is 2.61 bits per heavy atom. The molecule has 0 bridgehead atoms. The summed E-state index contributed by atoms with van der Waals surface area (Å²) in [6.07, 6.45) is 1.38. The minimum absolute atomic E-state index is 0.0200. The molecule has 0 radical (unpaired) electrons. The van der Waals surface area contributed by atoms with E-state index in [0.717, 1.165) is 0 Å². The molecule has 1 heterocycles. The quantitative estimate of drug-likeness (QED) is 0.415. The third kappa shape index (κ3) is 4.44. The van der Waals surface area contributed by atoms with E-state index in [1.54, 1.807) is 30.3 Å². The molecule has 31 heavy (non-hydrogen) atoms. The maximum Gasteiger partial charge on any atom is 0.282 e. The molecule has 0 atom stereocenters. The van der Waals surface area contributed by atoms with Crippen LogP contribution in [-0.2, 0) is 6.61 Å². The lowest BCUT2D eigenvalue weighted by atomic mass is 10.2. The van der Waals surface area contributed by atoms with Crippen LogP contribution in [-0.4, -0.2) is 28.1 Å². The number of halogens is 1. The number of methoxy groups -OCH3 is 1. The maximum absolute atomic E-state index is 13.1. The van der Waals surface area contributed by atoms with Crippen LogP contribution in [0.1, 0.15) is 11.4 Å². The predicted molar refractivity (Wildman–Crippen MR) is 122 cm³/mol. The standard InChI is InChI=1S/C23H18BrN3O4/c1-30-17-11-15(22(28)19(24)12-17)13-25-27-21(14-31-16-7-3-2-4-8-16)26-20-10-6-5-9-18(20)23(27)29/h2-13,28H,14H2,1H3. The number of benzene rings is 3. The van der Waals surface area contributed by atoms with E-state index in [2.05, 4.69) is 26.0 Å². The van der Waals surface area contributed by atoms with Crippen molar-refractivity contribution in [3.63, 3.8) is 0 Å². The van der Waals surface area contributed by atoms with E-state index in [-0.39, 0.29) is 17.9 Å². The molecule has 0 fully saturated rings. The Hall–Kier alpha value is -3.65. The van der Waals surface area contributed by atoms with Crippen LogP contribution < -0.4 is 15.0 Å². The fourth-order valence-electron chi connectivity index (χ4n) is 2.98. The number of aromatic nitrogens is 2. The normalized spacial score (nSPS) is 11.2. The molecule has 0 saturated carbocycles. The van der Waals surface area contributed by atoms with Gasteiger partial charge < -0.3 is 14.6 Å². The van der Waals surface area contributed by atoms with Gasteiger partial charge in [-0.3, -0.25) is 4.79 Å². The van der Waals surface area contributed by atoms with E-state index in [1.165, 1.54) is 18.0 Å². The van der Waals surface area contributed by atoms with Gasteiger partial charge in [0.2, 0.25) is 0 Å². The van der Waals surface area contributed by atoms with E-state index >= 15 is 0 Å². The lowest BCUT2D eigenvalue weighted by molar-refractivity contribution is 0.289. The lowest BCUT2D eigenvalue weighted by Gasteiger charge is -2.11. The first-order valence-electron chi connectivity index (χ1n) is 9.36. The molecule has 1 N–H and O–H groups in total. The van der Waals surface area contributed by atoms with Crippen LogP contribution in [0, 0.1) is 0 Å². The Morgan fingerprint density at radius 2 is 1.84 bits per heavy atom. The molecule has 4 rings (SSSR count). The zero-order valence-electron chi connectivity index (χ0n) is 16.5. The van der Waals surface area contributed by atoms with E-state index < -0.39 is 0 Å². The number of hydrogen-bond acceptors (Lipinski definition) is 6. The summed E-state index contributed by atoms with van der Waals surface area (Å²) in [5.41, 5.74) is 0.591. The van der Waals surface area contributed by atoms with Crippen LogP contribution in [0.4, 0.5) is 0 Å². The van der Waals surface area contributed by atoms with Gasteiger partial charge in [0.15, 0.2) is 5.82 Å². The van der Waals surface area contributed by atoms with Crippen LogP contribution in [0.3, 0.4) is 0 Å². The first kappa shape index (κ1) is 20.6. The molecular weight excluding hydrogens is 462 g/mol. The minimum Gasteiger partial charge on any atom is -0.506 e. The van der Waals surface area contributed by atoms with Gasteiger partial charge in [0.1, 0.15) is 23.9 Å². The highest BCUT2D eigenvalue weighted by Gasteiger charge is 2.12. The van der Waals surface area contributed by atoms with Crippen LogP contribution in [0.25, 0.3) is 10.9 Å². The minimum atomic E-state index is -0.338. The number of phenols is 1. The van der Waals surface area contributed by atoms with Gasteiger partial charge in [-0.15, -0.1) is 0 Å². The first-order chi connectivity index (χ1) is 15.1. The van der Waals surface area contributed by atoms with Crippen molar-refractivity contribution in [2.75, 3.05) is 7.11 Å². The molecule has 0 unspecified atom stereocenters. The zero-order chi connectivity index (χ0) is 21.8. The molecule has 0 amide bonds. The molecule has 156 valence electrons. The number of nitrogens with zero attached hydrogens (tertiary/aromatic N) is 3. The summed E-state index contributed by atoms with van der Waals surface area (Å²) in [6.45, 7) is 0.0369. The van der Waals surface area contributed by atoms with Gasteiger partial charge in [0.05, 0.1) is 28.7 Å². The molecule has 4 aromatic rings. The summed E-state index contributed by atoms with van der Waals surface area (Å²) in [6, 6.07) is 19.5. The molecule has 3 aromatic carbocycles. The van der Waals surface area contributed by atoms with Gasteiger partial charge in [-0.1, -0.05) is 30.3 Å². The molecule has 0 saturated heterocycles. The summed E-state index contributed by atoms with van der Waals surface area (Å²) in [4.78, 5) is 17.7. The molecule has 1 aromatic heterocycles. The Morgan fingerprint density at radius 1 is 1.10 bits per heavy atom. The fraction of sp³-hybridized carbons (Fsp3) is 0.0870. The molecule has 0 aliphatic carbocycles. The van der Waals surface area contributed by atoms with Crippen molar-refractivity contribution >= 4 is 33.0 Å². The van der Waals surface area contributed by atoms with E-state index in [9.17, 15) is 9.90 Å². The maximum atomic E-state index is 13.1. The third-order valence-corrected chi connectivity index (χ3v) is 5.15. The second-order valence-electron chi connectivity index (χ2n) is 6.56. The van der Waals surface area contributed by atoms with Gasteiger partial charge in [0, 0.05) is 5.56 Å². The average molecular weight is 480 g/mol. The summed E-state index contributed by atoms with van der Waals surface area (Å²) >= 11 is 3.28.